The molecule has 0 unspecified atom stereocenters. The van der Waals surface area contributed by atoms with Crippen molar-refractivity contribution in [3.8, 4) is 0 Å². The van der Waals surface area contributed by atoms with Crippen LogP contribution in [0.5, 0.6) is 0 Å². The summed E-state index contributed by atoms with van der Waals surface area (Å²) >= 11 is 0. The number of carbonyl (C=O) groups is 2. The first-order valence-corrected chi connectivity index (χ1v) is 6.89. The Morgan fingerprint density at radius 2 is 1.41 bits per heavy atom. The molecule has 0 saturated heterocycles. The minimum absolute atomic E-state index is 0.0647. The number of anilines is 1. The fourth-order valence-electron chi connectivity index (χ4n) is 2.91. The van der Waals surface area contributed by atoms with Crippen molar-refractivity contribution in [2.24, 2.45) is 0 Å². The number of rotatable bonds is 1. The minimum Gasteiger partial charge on any atom is -0.269 e. The van der Waals surface area contributed by atoms with Crippen molar-refractivity contribution in [1.29, 1.82) is 0 Å². The number of nitrogens with zero attached hydrogens (tertiary/aromatic N) is 1. The van der Waals surface area contributed by atoms with Crippen LogP contribution in [0.3, 0.4) is 0 Å². The topological polar surface area (TPSA) is 37.4 Å². The van der Waals surface area contributed by atoms with Crippen LogP contribution >= 0.6 is 0 Å². The van der Waals surface area contributed by atoms with E-state index in [0.717, 1.165) is 29.9 Å². The van der Waals surface area contributed by atoms with E-state index in [2.05, 4.69) is 0 Å². The Kier molecular flexibility index (Phi) is 3.60. The smallest absolute Gasteiger partial charge is 0.261 e. The van der Waals surface area contributed by atoms with E-state index in [1.807, 2.05) is 0 Å². The molecule has 3 nitrogen and oxygen atoms in total. The summed E-state index contributed by atoms with van der Waals surface area (Å²) in [5, 5.41) is -0.523. The van der Waals surface area contributed by atoms with Gasteiger partial charge in [0.05, 0.1) is 18.3 Å². The first-order chi connectivity index (χ1) is 10.6. The molecule has 0 aromatic heterocycles. The van der Waals surface area contributed by atoms with Crippen molar-refractivity contribution < 1.29 is 22.8 Å². The molecule has 3 rings (SSSR count). The predicted molar refractivity (Wildman–Crippen MR) is 74.8 cm³/mol. The lowest BCUT2D eigenvalue weighted by atomic mass is 9.93. The van der Waals surface area contributed by atoms with Gasteiger partial charge in [0, 0.05) is 21.6 Å². The van der Waals surface area contributed by atoms with Crippen molar-refractivity contribution in [3.63, 3.8) is 0 Å². The van der Waals surface area contributed by atoms with Crippen molar-refractivity contribution in [3.05, 3.63) is 39.5 Å². The number of hydrogen-bond donors (Lipinski definition) is 0. The molecule has 6 heteroatoms. The van der Waals surface area contributed by atoms with Crippen molar-refractivity contribution in [2.75, 3.05) is 4.90 Å². The molecule has 0 radical (unpaired) electrons. The third-order valence-electron chi connectivity index (χ3n) is 4.02. The summed E-state index contributed by atoms with van der Waals surface area (Å²) in [6.07, 6.45) is 2.73. The molecule has 0 saturated carbocycles. The second-order valence-electron chi connectivity index (χ2n) is 5.26. The predicted octanol–water partition coefficient (Wildman–Crippen LogP) is 1.98. The van der Waals surface area contributed by atoms with Crippen LogP contribution in [0.2, 0.25) is 0 Å². The zero-order valence-electron chi connectivity index (χ0n) is 11.5. The van der Waals surface area contributed by atoms with Crippen LogP contribution in [0, 0.1) is 5.82 Å². The van der Waals surface area contributed by atoms with Gasteiger partial charge in [0.15, 0.2) is 0 Å². The monoisotopic (exact) mass is 307 g/mol. The van der Waals surface area contributed by atoms with Gasteiger partial charge in [0.1, 0.15) is 5.82 Å². The van der Waals surface area contributed by atoms with E-state index < -0.39 is 17.6 Å². The standard InChI is InChI=1S/C16H12F3NO2/c17-7-9-5-13(19)14(6-10(9)8-18)20-15(21)11-3-1-2-4-12(11)16(20)22/h5-8H,1-4H2. The number of amides is 2. The van der Waals surface area contributed by atoms with Gasteiger partial charge >= 0.3 is 0 Å². The molecule has 0 spiro atoms. The summed E-state index contributed by atoms with van der Waals surface area (Å²) in [5.74, 6) is -2.09. The summed E-state index contributed by atoms with van der Waals surface area (Å²) in [4.78, 5) is 25.4. The quantitative estimate of drug-likeness (QED) is 0.744. The van der Waals surface area contributed by atoms with Crippen LogP contribution in [0.25, 0.3) is 12.7 Å². The fraction of sp³-hybridized carbons (Fsp3) is 0.250. The Labute approximate surface area is 124 Å². The van der Waals surface area contributed by atoms with E-state index in [1.165, 1.54) is 0 Å². The molecule has 2 amide bonds. The minimum atomic E-state index is -0.948. The zero-order chi connectivity index (χ0) is 15.9. The third kappa shape index (κ3) is 2.06. The molecular formula is C16H12F3NO2. The molecule has 22 heavy (non-hydrogen) atoms. The number of imide groups is 1. The Bertz CT molecular complexity index is 799. The fourth-order valence-corrected chi connectivity index (χ4v) is 2.91. The lowest BCUT2D eigenvalue weighted by molar-refractivity contribution is -0.120. The average Bonchev–Trinajstić information content (AvgIpc) is 2.79. The third-order valence-corrected chi connectivity index (χ3v) is 4.02. The first-order valence-electron chi connectivity index (χ1n) is 6.89. The largest absolute Gasteiger partial charge is 0.269 e. The molecule has 1 aliphatic carbocycles. The molecule has 1 aliphatic heterocycles. The highest BCUT2D eigenvalue weighted by atomic mass is 19.1. The van der Waals surface area contributed by atoms with Gasteiger partial charge < -0.3 is 0 Å². The van der Waals surface area contributed by atoms with E-state index in [4.69, 9.17) is 0 Å². The molecule has 0 atom stereocenters. The molecule has 0 bridgehead atoms. The molecule has 1 aromatic rings. The van der Waals surface area contributed by atoms with Gasteiger partial charge in [0.2, 0.25) is 0 Å². The van der Waals surface area contributed by atoms with Crippen molar-refractivity contribution >= 4 is 30.2 Å². The summed E-state index contributed by atoms with van der Waals surface area (Å²) < 4.78 is 39.6. The van der Waals surface area contributed by atoms with Crippen LogP contribution in [0.4, 0.5) is 18.9 Å². The molecule has 1 heterocycles. The Hall–Kier alpha value is -2.37. The van der Waals surface area contributed by atoms with E-state index >= 15 is 0 Å². The number of benzene rings is 1. The maximum absolute atomic E-state index is 14.1. The lowest BCUT2D eigenvalue weighted by Gasteiger charge is -2.16. The summed E-state index contributed by atoms with van der Waals surface area (Å²) in [6.45, 7) is 0. The van der Waals surface area contributed by atoms with Crippen LogP contribution in [-0.4, -0.2) is 11.8 Å². The second-order valence-corrected chi connectivity index (χ2v) is 5.26. The van der Waals surface area contributed by atoms with Crippen LogP contribution in [0.1, 0.15) is 25.7 Å². The highest BCUT2D eigenvalue weighted by molar-refractivity contribution is 6.33. The Balaban J connectivity index is 2.14. The molecule has 1 aromatic carbocycles. The molecule has 114 valence electrons. The van der Waals surface area contributed by atoms with Crippen LogP contribution < -0.4 is 15.3 Å². The van der Waals surface area contributed by atoms with Crippen LogP contribution in [-0.2, 0) is 9.59 Å². The highest BCUT2D eigenvalue weighted by Crippen LogP contribution is 2.35. The zero-order valence-corrected chi connectivity index (χ0v) is 11.5. The van der Waals surface area contributed by atoms with E-state index in [1.54, 1.807) is 0 Å². The SMILES string of the molecule is O=C1C2=C(CCCC2)C(=O)N1c1cc(=CF)c(=CF)cc1F. The molecule has 0 fully saturated rings. The van der Waals surface area contributed by atoms with E-state index in [0.29, 0.717) is 24.0 Å². The Morgan fingerprint density at radius 3 is 1.91 bits per heavy atom. The van der Waals surface area contributed by atoms with Gasteiger partial charge in [-0.1, -0.05) is 0 Å². The van der Waals surface area contributed by atoms with Crippen LogP contribution in [0.15, 0.2) is 23.3 Å². The number of halogens is 3. The highest BCUT2D eigenvalue weighted by Gasteiger charge is 2.40. The lowest BCUT2D eigenvalue weighted by Crippen LogP contribution is -2.35. The van der Waals surface area contributed by atoms with Crippen molar-refractivity contribution in [1.82, 2.24) is 0 Å². The van der Waals surface area contributed by atoms with E-state index in [-0.39, 0.29) is 28.8 Å². The summed E-state index contributed by atoms with van der Waals surface area (Å²) in [5.41, 5.74) is 0.462. The van der Waals surface area contributed by atoms with Gasteiger partial charge in [-0.25, -0.2) is 18.1 Å². The van der Waals surface area contributed by atoms with Gasteiger partial charge in [-0.3, -0.25) is 9.59 Å². The maximum Gasteiger partial charge on any atom is 0.261 e. The van der Waals surface area contributed by atoms with Gasteiger partial charge in [0.25, 0.3) is 11.8 Å². The van der Waals surface area contributed by atoms with Gasteiger partial charge in [-0.05, 0) is 37.8 Å². The number of hydrogen-bond acceptors (Lipinski definition) is 2. The second kappa shape index (κ2) is 5.44. The average molecular weight is 307 g/mol. The van der Waals surface area contributed by atoms with Gasteiger partial charge in [-0.15, -0.1) is 0 Å². The Morgan fingerprint density at radius 1 is 0.909 bits per heavy atom. The number of carbonyl (C=O) groups excluding carboxylic acids is 2. The first kappa shape index (κ1) is 14.6. The van der Waals surface area contributed by atoms with Gasteiger partial charge in [-0.2, -0.15) is 0 Å². The van der Waals surface area contributed by atoms with E-state index in [9.17, 15) is 22.8 Å². The summed E-state index contributed by atoms with van der Waals surface area (Å²) in [6, 6.07) is 1.73. The summed E-state index contributed by atoms with van der Waals surface area (Å²) in [7, 11) is 0. The normalized spacial score (nSPS) is 20.2. The maximum atomic E-state index is 14.1. The molecule has 2 aliphatic rings. The molecule has 0 N–H and O–H groups in total. The van der Waals surface area contributed by atoms with Crippen molar-refractivity contribution in [2.45, 2.75) is 25.7 Å². The molecular weight excluding hydrogens is 295 g/mol.